The Balaban J connectivity index is 0.00000324. The van der Waals surface area contributed by atoms with E-state index in [1.54, 1.807) is 0 Å². The van der Waals surface area contributed by atoms with Crippen LogP contribution in [0.5, 0.6) is 5.88 Å². The normalized spacial score (nSPS) is 11.7. The van der Waals surface area contributed by atoms with Gasteiger partial charge in [-0.3, -0.25) is 0 Å². The predicted molar refractivity (Wildman–Crippen MR) is 172 cm³/mol. The van der Waals surface area contributed by atoms with E-state index in [2.05, 4.69) is 40.9 Å². The van der Waals surface area contributed by atoms with Crippen molar-refractivity contribution in [1.29, 1.82) is 0 Å². The van der Waals surface area contributed by atoms with Crippen LogP contribution in [0, 0.1) is 6.92 Å². The van der Waals surface area contributed by atoms with Crippen LogP contribution < -0.4 is 99.3 Å². The van der Waals surface area contributed by atoms with E-state index in [0.29, 0.717) is 0 Å². The van der Waals surface area contributed by atoms with E-state index in [0.717, 1.165) is 41.1 Å². The van der Waals surface area contributed by atoms with Crippen LogP contribution in [0.1, 0.15) is 5.69 Å². The van der Waals surface area contributed by atoms with Crippen molar-refractivity contribution in [3.63, 3.8) is 0 Å². The molecule has 5 rings (SSSR count). The molecule has 0 radical (unpaired) electrons. The molecule has 0 aliphatic carbocycles. The van der Waals surface area contributed by atoms with Crippen LogP contribution in [-0.2, 0) is 30.4 Å². The first-order valence-electron chi connectivity index (χ1n) is 13.0. The zero-order chi connectivity index (χ0) is 36.8. The number of rotatable bonds is 10. The van der Waals surface area contributed by atoms with Crippen molar-refractivity contribution in [1.82, 2.24) is 24.7 Å². The first kappa shape index (κ1) is 47.6. The topological polar surface area (TPSA) is 297 Å². The van der Waals surface area contributed by atoms with E-state index in [9.17, 15) is 44.0 Å². The first-order valence-corrected chi connectivity index (χ1v) is 18.3. The Morgan fingerprint density at radius 2 is 1.25 bits per heavy atom. The second kappa shape index (κ2) is 18.6. The quantitative estimate of drug-likeness (QED) is 0.0679. The summed E-state index contributed by atoms with van der Waals surface area (Å²) in [6.07, 6.45) is 0. The van der Waals surface area contributed by atoms with E-state index in [1.807, 2.05) is 0 Å². The molecule has 0 atom stereocenters. The van der Waals surface area contributed by atoms with Crippen LogP contribution >= 0.6 is 34.8 Å². The molecule has 0 unspecified atom stereocenters. The number of benzene rings is 3. The predicted octanol–water partition coefficient (Wildman–Crippen LogP) is -4.34. The van der Waals surface area contributed by atoms with Gasteiger partial charge in [0.05, 0.1) is 36.1 Å². The Kier molecular flexibility index (Phi) is 16.7. The maximum atomic E-state index is 12.0. The number of hydrogen-bond acceptors (Lipinski definition) is 18. The maximum Gasteiger partial charge on any atom is 1.00 e. The molecule has 0 fully saturated rings. The molecule has 0 amide bonds. The number of nitrogens with zero attached hydrogens (tertiary/aromatic N) is 7. The molecule has 5 aromatic rings. The van der Waals surface area contributed by atoms with Crippen molar-refractivity contribution in [3.05, 3.63) is 75.6 Å². The molecule has 2 heterocycles. The number of aryl methyl sites for hydroxylation is 1. The van der Waals surface area contributed by atoms with Gasteiger partial charge in [-0.05, 0) is 73.1 Å². The van der Waals surface area contributed by atoms with Gasteiger partial charge >= 0.3 is 88.7 Å². The average molecular weight is 873 g/mol. The van der Waals surface area contributed by atoms with Gasteiger partial charge in [-0.1, -0.05) is 23.2 Å². The average Bonchev–Trinajstić information content (AvgIpc) is 3.27. The second-order valence-corrected chi connectivity index (χ2v) is 14.9. The smallest absolute Gasteiger partial charge is 0.744 e. The van der Waals surface area contributed by atoms with Crippen LogP contribution in [0.15, 0.2) is 79.5 Å². The molecule has 3 N–H and O–H groups in total. The third kappa shape index (κ3) is 11.8. The van der Waals surface area contributed by atoms with Crippen molar-refractivity contribution in [2.75, 3.05) is 10.6 Å². The van der Waals surface area contributed by atoms with Gasteiger partial charge in [0.25, 0.3) is 0 Å². The molecule has 0 aliphatic rings. The van der Waals surface area contributed by atoms with Crippen molar-refractivity contribution in [3.8, 4) is 11.6 Å². The molecule has 53 heavy (non-hydrogen) atoms. The number of azo groups is 1. The van der Waals surface area contributed by atoms with Crippen LogP contribution in [0.3, 0.4) is 0 Å². The number of hydrogen-bond donors (Lipinski definition) is 3. The summed E-state index contributed by atoms with van der Waals surface area (Å²) < 4.78 is 105. The SMILES string of the molecule is Cc1nn(-c2cc(Cl)c(S(=O)(=O)[O-])cc2Cl)c(O)c1/N=N/c1cc(Nc2nc(Cl)nc(Nc3ccc(S(=O)(=O)[O-])cc3)n2)ccc1S(=O)(=O)[O-].[Na+].[Na+].[Na+]. The zero-order valence-electron chi connectivity index (χ0n) is 27.3. The van der Waals surface area contributed by atoms with Gasteiger partial charge in [0.15, 0.2) is 5.69 Å². The van der Waals surface area contributed by atoms with Gasteiger partial charge in [0.2, 0.25) is 23.1 Å². The summed E-state index contributed by atoms with van der Waals surface area (Å²) in [7, 11) is -14.8. The van der Waals surface area contributed by atoms with Crippen LogP contribution in [-0.4, -0.2) is 68.8 Å². The van der Waals surface area contributed by atoms with E-state index in [-0.39, 0.29) is 139 Å². The number of aromatic hydroxyl groups is 1. The molecule has 262 valence electrons. The second-order valence-electron chi connectivity index (χ2n) is 9.67. The summed E-state index contributed by atoms with van der Waals surface area (Å²) in [5.74, 6) is -1.03. The van der Waals surface area contributed by atoms with Gasteiger partial charge in [-0.15, -0.1) is 10.2 Å². The Bertz CT molecular complexity index is 2550. The largest absolute Gasteiger partial charge is 1.00 e. The summed E-state index contributed by atoms with van der Waals surface area (Å²) >= 11 is 18.1. The number of nitrogens with one attached hydrogen (secondary N) is 2. The molecule has 2 aromatic heterocycles. The van der Waals surface area contributed by atoms with E-state index in [1.165, 1.54) is 25.1 Å². The third-order valence-electron chi connectivity index (χ3n) is 6.25. The van der Waals surface area contributed by atoms with Gasteiger partial charge in [0, 0.05) is 11.4 Å². The molecule has 0 saturated heterocycles. The fourth-order valence-electron chi connectivity index (χ4n) is 4.08. The van der Waals surface area contributed by atoms with Gasteiger partial charge < -0.3 is 29.4 Å². The molecule has 28 heteroatoms. The van der Waals surface area contributed by atoms with Crippen molar-refractivity contribution >= 4 is 99.8 Å². The number of aromatic nitrogens is 5. The minimum atomic E-state index is -5.12. The van der Waals surface area contributed by atoms with Crippen molar-refractivity contribution in [2.45, 2.75) is 21.6 Å². The Hall–Kier alpha value is -1.52. The van der Waals surface area contributed by atoms with E-state index in [4.69, 9.17) is 34.8 Å². The Labute approximate surface area is 382 Å². The molecular formula is C25H15Cl3N9Na3O10S3. The molecule has 3 aromatic carbocycles. The minimum absolute atomic E-state index is 0. The number of anilines is 4. The van der Waals surface area contributed by atoms with Crippen LogP contribution in [0.25, 0.3) is 5.69 Å². The van der Waals surface area contributed by atoms with Crippen LogP contribution in [0.2, 0.25) is 15.3 Å². The maximum absolute atomic E-state index is 12.0. The molecule has 0 saturated carbocycles. The van der Waals surface area contributed by atoms with Crippen molar-refractivity contribution in [2.24, 2.45) is 10.2 Å². The van der Waals surface area contributed by atoms with Gasteiger partial charge in [-0.25, -0.2) is 25.3 Å². The standard InChI is InChI=1S/C25H18Cl3N9O10S3.3Na/c1-11-21(22(38)37(36-11)18-9-16(27)20(10-15(18)26)50(45,46)47)35-34-17-8-13(4-7-19(17)49(42,43)44)30-25-32-23(28)31-24(33-25)29-12-2-5-14(6-3-12)48(39,40)41;;;/h2-10,38H,1H3,(H,39,40,41)(H,42,43,44)(H,45,46,47)(H2,29,30,31,32,33);;;/q;3*+1/p-3/b35-34+;;;. The summed E-state index contributed by atoms with van der Waals surface area (Å²) in [4.78, 5) is 9.86. The first-order chi connectivity index (χ1) is 23.2. The Morgan fingerprint density at radius 3 is 1.79 bits per heavy atom. The van der Waals surface area contributed by atoms with Gasteiger partial charge in [-0.2, -0.15) is 24.7 Å². The fraction of sp³-hybridized carbons (Fsp3) is 0.0400. The summed E-state index contributed by atoms with van der Waals surface area (Å²) in [5.41, 5.74) is -0.643. The van der Waals surface area contributed by atoms with Crippen LogP contribution in [0.4, 0.5) is 34.6 Å². The summed E-state index contributed by atoms with van der Waals surface area (Å²) in [6.45, 7) is 1.37. The van der Waals surface area contributed by atoms with E-state index >= 15 is 0 Å². The Morgan fingerprint density at radius 1 is 0.698 bits per heavy atom. The fourth-order valence-corrected chi connectivity index (χ4v) is 6.61. The van der Waals surface area contributed by atoms with Gasteiger partial charge in [0.1, 0.15) is 36.0 Å². The zero-order valence-corrected chi connectivity index (χ0v) is 38.0. The molecule has 0 aliphatic heterocycles. The van der Waals surface area contributed by atoms with Crippen molar-refractivity contribution < 1.29 is 133 Å². The summed E-state index contributed by atoms with van der Waals surface area (Å²) in [6, 6.07) is 9.58. The monoisotopic (exact) mass is 871 g/mol. The molecular weight excluding hydrogens is 858 g/mol. The molecule has 0 bridgehead atoms. The summed E-state index contributed by atoms with van der Waals surface area (Å²) in [5, 5.41) is 26.9. The molecule has 0 spiro atoms. The minimum Gasteiger partial charge on any atom is -0.744 e. The number of halogens is 3. The third-order valence-corrected chi connectivity index (χ3v) is 9.76. The molecule has 19 nitrogen and oxygen atoms in total. The van der Waals surface area contributed by atoms with E-state index < -0.39 is 61.6 Å².